The van der Waals surface area contributed by atoms with Gasteiger partial charge in [-0.3, -0.25) is 0 Å². The molecule has 0 aliphatic carbocycles. The molecule has 0 radical (unpaired) electrons. The zero-order valence-electron chi connectivity index (χ0n) is 11.4. The molecule has 0 spiro atoms. The molecule has 0 saturated heterocycles. The lowest BCUT2D eigenvalue weighted by Crippen LogP contribution is -2.15. The lowest BCUT2D eigenvalue weighted by atomic mass is 10.2. The van der Waals surface area contributed by atoms with Gasteiger partial charge in [-0.05, 0) is 24.3 Å². The molecule has 24 heavy (non-hydrogen) atoms. The van der Waals surface area contributed by atoms with Gasteiger partial charge in [-0.25, -0.2) is 0 Å². The first kappa shape index (κ1) is 21.7. The Kier molecular flexibility index (Phi) is 8.27. The highest BCUT2D eigenvalue weighted by Gasteiger charge is 2.21. The van der Waals surface area contributed by atoms with Crippen LogP contribution in [0, 0.1) is 0 Å². The molecule has 0 amide bonds. The zero-order chi connectivity index (χ0) is 19.0. The fourth-order valence-corrected chi connectivity index (χ4v) is 1.24. The van der Waals surface area contributed by atoms with Gasteiger partial charge in [0.1, 0.15) is 11.4 Å². The molecule has 136 valence electrons. The Morgan fingerprint density at radius 2 is 0.792 bits per heavy atom. The molecule has 0 unspecified atom stereocenters. The van der Waals surface area contributed by atoms with Crippen LogP contribution in [0.2, 0.25) is 0 Å². The Balaban J connectivity index is 0.000000442. The van der Waals surface area contributed by atoms with Gasteiger partial charge in [-0.2, -0.15) is 10.2 Å². The fraction of sp³-hybridized carbons (Fsp3) is 0. The average Bonchev–Trinajstić information content (AvgIpc) is 2.36. The van der Waals surface area contributed by atoms with Crippen molar-refractivity contribution in [1.29, 1.82) is 0 Å². The summed E-state index contributed by atoms with van der Waals surface area (Å²) >= 11 is 0. The smallest absolute Gasteiger partial charge is 0.418 e. The van der Waals surface area contributed by atoms with Crippen LogP contribution >= 0.6 is 0 Å². The van der Waals surface area contributed by atoms with Gasteiger partial charge in [0.05, 0.1) is 0 Å². The van der Waals surface area contributed by atoms with Gasteiger partial charge >= 0.3 is 14.5 Å². The summed E-state index contributed by atoms with van der Waals surface area (Å²) < 4.78 is 104. The van der Waals surface area contributed by atoms with Gasteiger partial charge in [0.2, 0.25) is 0 Å². The molecule has 2 aliphatic heterocycles. The molecule has 0 atom stereocenters. The van der Waals surface area contributed by atoms with E-state index in [1.807, 2.05) is 0 Å². The molecule has 2 nitrogen and oxygen atoms in total. The van der Waals surface area contributed by atoms with E-state index in [0.717, 1.165) is 0 Å². The molecule has 14 heteroatoms. The standard InChI is InChI=1S/C10H8F2N2.2BF4/c11-13-7-3-1-5-9(13)10-6-2-4-8-14(10)12;2*2-1(3,4)5/h1-8H;;/q;2*-1. The fourth-order valence-electron chi connectivity index (χ4n) is 1.24. The third-order valence-electron chi connectivity index (χ3n) is 1.89. The molecule has 2 rings (SSSR count). The quantitative estimate of drug-likeness (QED) is 0.324. The summed E-state index contributed by atoms with van der Waals surface area (Å²) in [5.74, 6) is 0. The highest BCUT2D eigenvalue weighted by Crippen LogP contribution is 2.23. The van der Waals surface area contributed by atoms with Crippen LogP contribution in [0.5, 0.6) is 0 Å². The van der Waals surface area contributed by atoms with Crippen LogP contribution in [0.3, 0.4) is 0 Å². The lowest BCUT2D eigenvalue weighted by molar-refractivity contribution is 0.109. The molecular formula is C10H8B2F10N2-2. The van der Waals surface area contributed by atoms with E-state index in [-0.39, 0.29) is 11.4 Å². The monoisotopic (exact) mass is 368 g/mol. The summed E-state index contributed by atoms with van der Waals surface area (Å²) in [6.07, 6.45) is 11.8. The molecule has 0 saturated carbocycles. The van der Waals surface area contributed by atoms with Crippen molar-refractivity contribution in [2.45, 2.75) is 0 Å². The first-order valence-electron chi connectivity index (χ1n) is 5.87. The summed E-state index contributed by atoms with van der Waals surface area (Å²) in [6.45, 7) is 0. The Morgan fingerprint density at radius 1 is 0.542 bits per heavy atom. The second kappa shape index (κ2) is 9.13. The van der Waals surface area contributed by atoms with Gasteiger partial charge in [0.25, 0.3) is 0 Å². The van der Waals surface area contributed by atoms with Crippen molar-refractivity contribution in [3.63, 3.8) is 0 Å². The van der Waals surface area contributed by atoms with E-state index in [1.54, 1.807) is 12.2 Å². The predicted octanol–water partition coefficient (Wildman–Crippen LogP) is 5.34. The van der Waals surface area contributed by atoms with Crippen molar-refractivity contribution in [2.75, 3.05) is 0 Å². The minimum absolute atomic E-state index is 0.176. The van der Waals surface area contributed by atoms with E-state index >= 15 is 0 Å². The average molecular weight is 368 g/mol. The van der Waals surface area contributed by atoms with E-state index in [1.165, 1.54) is 36.7 Å². The van der Waals surface area contributed by atoms with Crippen molar-refractivity contribution in [3.8, 4) is 0 Å². The van der Waals surface area contributed by atoms with Crippen LogP contribution in [0.25, 0.3) is 0 Å². The summed E-state index contributed by atoms with van der Waals surface area (Å²) in [6, 6.07) is 0. The van der Waals surface area contributed by atoms with E-state index in [9.17, 15) is 43.5 Å². The minimum atomic E-state index is -6.00. The molecule has 0 fully saturated rings. The summed E-state index contributed by atoms with van der Waals surface area (Å²) in [5, 5.41) is 0.761. The number of rotatable bonds is 0. The second-order valence-corrected chi connectivity index (χ2v) is 3.78. The molecule has 0 aromatic carbocycles. The highest BCUT2D eigenvalue weighted by molar-refractivity contribution is 6.50. The van der Waals surface area contributed by atoms with Gasteiger partial charge in [0.15, 0.2) is 0 Å². The van der Waals surface area contributed by atoms with Crippen LogP contribution in [0.1, 0.15) is 0 Å². The van der Waals surface area contributed by atoms with Crippen LogP contribution in [0.4, 0.5) is 43.5 Å². The number of hydrogen-bond acceptors (Lipinski definition) is 2. The third-order valence-corrected chi connectivity index (χ3v) is 1.89. The number of hydrogen-bond donors (Lipinski definition) is 0. The van der Waals surface area contributed by atoms with Crippen LogP contribution < -0.4 is 0 Å². The van der Waals surface area contributed by atoms with E-state index in [2.05, 4.69) is 0 Å². The molecule has 2 heterocycles. The molecular weight excluding hydrogens is 360 g/mol. The topological polar surface area (TPSA) is 6.48 Å². The Hall–Kier alpha value is -2.27. The molecule has 0 aromatic heterocycles. The van der Waals surface area contributed by atoms with E-state index < -0.39 is 14.5 Å². The maximum atomic E-state index is 13.2. The number of halogens is 10. The van der Waals surface area contributed by atoms with Crippen LogP contribution in [0.15, 0.2) is 60.3 Å². The predicted molar refractivity (Wildman–Crippen MR) is 69.9 cm³/mol. The van der Waals surface area contributed by atoms with Gasteiger partial charge in [-0.1, -0.05) is 21.1 Å². The van der Waals surface area contributed by atoms with E-state index in [4.69, 9.17) is 0 Å². The minimum Gasteiger partial charge on any atom is -0.418 e. The molecule has 0 aromatic rings. The van der Waals surface area contributed by atoms with Gasteiger partial charge < -0.3 is 34.5 Å². The number of allylic oxidation sites excluding steroid dienone is 6. The largest absolute Gasteiger partial charge is 0.673 e. The van der Waals surface area contributed by atoms with Gasteiger partial charge in [-0.15, -0.1) is 0 Å². The highest BCUT2D eigenvalue weighted by atomic mass is 19.5. The molecule has 0 bridgehead atoms. The molecule has 2 aliphatic rings. The first-order valence-corrected chi connectivity index (χ1v) is 5.87. The normalized spacial score (nSPS) is 19.6. The second-order valence-electron chi connectivity index (χ2n) is 3.78. The summed E-state index contributed by atoms with van der Waals surface area (Å²) in [4.78, 5) is 0. The van der Waals surface area contributed by atoms with Crippen molar-refractivity contribution >= 4 is 14.5 Å². The van der Waals surface area contributed by atoms with Crippen LogP contribution in [-0.4, -0.2) is 24.8 Å². The Morgan fingerprint density at radius 3 is 1.00 bits per heavy atom. The summed E-state index contributed by atoms with van der Waals surface area (Å²) in [7, 11) is -12.0. The van der Waals surface area contributed by atoms with E-state index in [0.29, 0.717) is 10.2 Å². The third kappa shape index (κ3) is 12.3. The van der Waals surface area contributed by atoms with Crippen molar-refractivity contribution in [2.24, 2.45) is 0 Å². The maximum absolute atomic E-state index is 13.2. The van der Waals surface area contributed by atoms with Crippen molar-refractivity contribution in [1.82, 2.24) is 10.2 Å². The molecule has 0 N–H and O–H groups in total. The zero-order valence-corrected chi connectivity index (χ0v) is 11.4. The van der Waals surface area contributed by atoms with Crippen LogP contribution in [-0.2, 0) is 0 Å². The van der Waals surface area contributed by atoms with Crippen molar-refractivity contribution in [3.05, 3.63) is 60.3 Å². The lowest BCUT2D eigenvalue weighted by Gasteiger charge is -2.20. The maximum Gasteiger partial charge on any atom is 0.673 e. The van der Waals surface area contributed by atoms with Crippen molar-refractivity contribution < 1.29 is 43.5 Å². The van der Waals surface area contributed by atoms with Gasteiger partial charge in [0, 0.05) is 12.4 Å². The Labute approximate surface area is 129 Å². The SMILES string of the molecule is FN1C=CC=CC1=C1C=CC=CN1F.F[B-](F)(F)F.F[B-](F)(F)F. The summed E-state index contributed by atoms with van der Waals surface area (Å²) in [5.41, 5.74) is 0.353. The first-order chi connectivity index (χ1) is 10.8. The number of nitrogens with zero attached hydrogens (tertiary/aromatic N) is 2. The Bertz CT molecular complexity index is 487.